The van der Waals surface area contributed by atoms with E-state index >= 15 is 0 Å². The van der Waals surface area contributed by atoms with Gasteiger partial charge in [-0.25, -0.2) is 9.37 Å². The van der Waals surface area contributed by atoms with Crippen LogP contribution in [-0.2, 0) is 0 Å². The van der Waals surface area contributed by atoms with Gasteiger partial charge in [0.05, 0.1) is 6.20 Å². The summed E-state index contributed by atoms with van der Waals surface area (Å²) in [5.74, 6) is 0.969. The number of aromatic nitrogens is 1. The highest BCUT2D eigenvalue weighted by molar-refractivity contribution is 5.55. The largest absolute Gasteiger partial charge is 0.439 e. The first-order valence-electron chi connectivity index (χ1n) is 6.17. The Morgan fingerprint density at radius 3 is 2.58 bits per heavy atom. The number of pyridine rings is 1. The van der Waals surface area contributed by atoms with Crippen molar-refractivity contribution in [1.29, 1.82) is 0 Å². The molecule has 19 heavy (non-hydrogen) atoms. The van der Waals surface area contributed by atoms with Crippen molar-refractivity contribution < 1.29 is 9.13 Å². The fourth-order valence-corrected chi connectivity index (χ4v) is 1.79. The number of anilines is 1. The molecule has 0 saturated heterocycles. The van der Waals surface area contributed by atoms with Crippen molar-refractivity contribution >= 4 is 5.69 Å². The van der Waals surface area contributed by atoms with Crippen LogP contribution in [-0.4, -0.2) is 4.98 Å². The number of ether oxygens (including phenoxy) is 1. The summed E-state index contributed by atoms with van der Waals surface area (Å²) in [6, 6.07) is 6.63. The summed E-state index contributed by atoms with van der Waals surface area (Å²) in [6.07, 6.45) is 1.13. The quantitative estimate of drug-likeness (QED) is 0.848. The number of aryl methyl sites for hydroxylation is 1. The van der Waals surface area contributed by atoms with Gasteiger partial charge in [-0.05, 0) is 42.2 Å². The summed E-state index contributed by atoms with van der Waals surface area (Å²) in [6.45, 7) is 6.05. The fraction of sp³-hybridized carbons (Fsp3) is 0.267. The standard InChI is InChI=1S/C15H17FN2O/c1-9(2)12-7-13(17)10(3)6-14(12)19-15-5-4-11(16)8-18-15/h4-9H,17H2,1-3H3. The highest BCUT2D eigenvalue weighted by atomic mass is 19.1. The smallest absolute Gasteiger partial charge is 0.219 e. The lowest BCUT2D eigenvalue weighted by atomic mass is 9.99. The average Bonchev–Trinajstić information content (AvgIpc) is 2.36. The molecular weight excluding hydrogens is 243 g/mol. The van der Waals surface area contributed by atoms with Gasteiger partial charge in [-0.15, -0.1) is 0 Å². The number of halogens is 1. The van der Waals surface area contributed by atoms with Crippen molar-refractivity contribution in [3.63, 3.8) is 0 Å². The van der Waals surface area contributed by atoms with Crippen LogP contribution in [0.3, 0.4) is 0 Å². The number of benzene rings is 1. The van der Waals surface area contributed by atoms with E-state index in [0.29, 0.717) is 11.6 Å². The molecule has 0 aliphatic heterocycles. The van der Waals surface area contributed by atoms with E-state index in [2.05, 4.69) is 18.8 Å². The van der Waals surface area contributed by atoms with E-state index in [0.717, 1.165) is 23.0 Å². The number of rotatable bonds is 3. The van der Waals surface area contributed by atoms with Crippen LogP contribution in [0.1, 0.15) is 30.9 Å². The van der Waals surface area contributed by atoms with Crippen LogP contribution in [0.2, 0.25) is 0 Å². The predicted molar refractivity (Wildman–Crippen MR) is 73.9 cm³/mol. The zero-order valence-electron chi connectivity index (χ0n) is 11.3. The van der Waals surface area contributed by atoms with E-state index in [1.54, 1.807) is 0 Å². The van der Waals surface area contributed by atoms with Crippen molar-refractivity contribution in [3.05, 3.63) is 47.4 Å². The zero-order valence-corrected chi connectivity index (χ0v) is 11.3. The Balaban J connectivity index is 2.38. The second kappa shape index (κ2) is 5.26. The third kappa shape index (κ3) is 3.02. The number of hydrogen-bond donors (Lipinski definition) is 1. The summed E-state index contributed by atoms with van der Waals surface area (Å²) in [4.78, 5) is 3.90. The SMILES string of the molecule is Cc1cc(Oc2ccc(F)cn2)c(C(C)C)cc1N. The molecule has 0 aliphatic carbocycles. The molecule has 0 fully saturated rings. The Morgan fingerprint density at radius 2 is 2.00 bits per heavy atom. The molecule has 0 amide bonds. The molecule has 0 atom stereocenters. The number of hydrogen-bond acceptors (Lipinski definition) is 3. The van der Waals surface area contributed by atoms with Gasteiger partial charge in [0.2, 0.25) is 5.88 Å². The van der Waals surface area contributed by atoms with Gasteiger partial charge in [-0.3, -0.25) is 0 Å². The average molecular weight is 260 g/mol. The van der Waals surface area contributed by atoms with E-state index in [4.69, 9.17) is 10.5 Å². The van der Waals surface area contributed by atoms with Gasteiger partial charge in [-0.2, -0.15) is 0 Å². The van der Waals surface area contributed by atoms with Crippen molar-refractivity contribution in [1.82, 2.24) is 4.98 Å². The predicted octanol–water partition coefficient (Wildman–Crippen LogP) is 4.03. The molecule has 0 spiro atoms. The molecule has 2 rings (SSSR count). The van der Waals surface area contributed by atoms with Crippen LogP contribution in [0.15, 0.2) is 30.5 Å². The van der Waals surface area contributed by atoms with Crippen molar-refractivity contribution in [3.8, 4) is 11.6 Å². The van der Waals surface area contributed by atoms with Gasteiger partial charge < -0.3 is 10.5 Å². The lowest BCUT2D eigenvalue weighted by Crippen LogP contribution is -1.99. The normalized spacial score (nSPS) is 10.8. The minimum atomic E-state index is -0.384. The highest BCUT2D eigenvalue weighted by Crippen LogP contribution is 2.33. The Labute approximate surface area is 112 Å². The topological polar surface area (TPSA) is 48.1 Å². The fourth-order valence-electron chi connectivity index (χ4n) is 1.79. The van der Waals surface area contributed by atoms with Gasteiger partial charge >= 0.3 is 0 Å². The Bertz CT molecular complexity index is 579. The van der Waals surface area contributed by atoms with E-state index < -0.39 is 0 Å². The van der Waals surface area contributed by atoms with E-state index in [1.165, 1.54) is 12.1 Å². The zero-order chi connectivity index (χ0) is 14.0. The Hall–Kier alpha value is -2.10. The molecule has 0 bridgehead atoms. The third-order valence-electron chi connectivity index (χ3n) is 2.94. The molecule has 4 heteroatoms. The maximum Gasteiger partial charge on any atom is 0.219 e. The van der Waals surface area contributed by atoms with Crippen LogP contribution in [0.25, 0.3) is 0 Å². The molecular formula is C15H17FN2O. The van der Waals surface area contributed by atoms with Crippen molar-refractivity contribution in [2.24, 2.45) is 0 Å². The van der Waals surface area contributed by atoms with Crippen LogP contribution in [0.4, 0.5) is 10.1 Å². The molecule has 0 radical (unpaired) electrons. The maximum atomic E-state index is 12.8. The molecule has 0 unspecified atom stereocenters. The summed E-state index contributed by atoms with van der Waals surface area (Å²) in [7, 11) is 0. The molecule has 2 aromatic rings. The molecule has 1 aromatic heterocycles. The van der Waals surface area contributed by atoms with Crippen LogP contribution in [0.5, 0.6) is 11.6 Å². The van der Waals surface area contributed by atoms with Gasteiger partial charge in [0.15, 0.2) is 0 Å². The van der Waals surface area contributed by atoms with Crippen LogP contribution in [0, 0.1) is 12.7 Å². The second-order valence-corrected chi connectivity index (χ2v) is 4.82. The lowest BCUT2D eigenvalue weighted by molar-refractivity contribution is 0.451. The first kappa shape index (κ1) is 13.3. The Morgan fingerprint density at radius 1 is 1.26 bits per heavy atom. The molecule has 3 nitrogen and oxygen atoms in total. The van der Waals surface area contributed by atoms with Crippen LogP contribution < -0.4 is 10.5 Å². The van der Waals surface area contributed by atoms with Gasteiger partial charge in [-0.1, -0.05) is 13.8 Å². The van der Waals surface area contributed by atoms with E-state index in [1.807, 2.05) is 19.1 Å². The van der Waals surface area contributed by atoms with Crippen molar-refractivity contribution in [2.75, 3.05) is 5.73 Å². The van der Waals surface area contributed by atoms with Gasteiger partial charge in [0.1, 0.15) is 11.6 Å². The van der Waals surface area contributed by atoms with E-state index in [-0.39, 0.29) is 11.7 Å². The number of nitrogen functional groups attached to an aromatic ring is 1. The van der Waals surface area contributed by atoms with Gasteiger partial charge in [0.25, 0.3) is 0 Å². The minimum Gasteiger partial charge on any atom is -0.439 e. The second-order valence-electron chi connectivity index (χ2n) is 4.82. The monoisotopic (exact) mass is 260 g/mol. The molecule has 1 heterocycles. The summed E-state index contributed by atoms with van der Waals surface area (Å²) >= 11 is 0. The third-order valence-corrected chi connectivity index (χ3v) is 2.94. The summed E-state index contributed by atoms with van der Waals surface area (Å²) < 4.78 is 18.5. The number of nitrogens with two attached hydrogens (primary N) is 1. The molecule has 2 N–H and O–H groups in total. The minimum absolute atomic E-state index is 0.276. The maximum absolute atomic E-state index is 12.8. The lowest BCUT2D eigenvalue weighted by Gasteiger charge is -2.15. The highest BCUT2D eigenvalue weighted by Gasteiger charge is 2.12. The summed E-state index contributed by atoms with van der Waals surface area (Å²) in [5.41, 5.74) is 8.61. The molecule has 1 aromatic carbocycles. The molecule has 0 saturated carbocycles. The first-order valence-corrected chi connectivity index (χ1v) is 6.17. The first-order chi connectivity index (χ1) is 8.97. The van der Waals surface area contributed by atoms with Gasteiger partial charge in [0, 0.05) is 11.8 Å². The van der Waals surface area contributed by atoms with Crippen LogP contribution >= 0.6 is 0 Å². The summed E-state index contributed by atoms with van der Waals surface area (Å²) in [5, 5.41) is 0. The molecule has 100 valence electrons. The molecule has 0 aliphatic rings. The van der Waals surface area contributed by atoms with Crippen molar-refractivity contribution in [2.45, 2.75) is 26.7 Å². The van der Waals surface area contributed by atoms with E-state index in [9.17, 15) is 4.39 Å². The number of nitrogens with zero attached hydrogens (tertiary/aromatic N) is 1. The Kier molecular flexibility index (Phi) is 3.69.